The number of pyridine rings is 1. The first-order chi connectivity index (χ1) is 11.9. The highest BCUT2D eigenvalue weighted by Gasteiger charge is 2.17. The first-order valence-corrected chi connectivity index (χ1v) is 8.62. The number of rotatable bonds is 5. The van der Waals surface area contributed by atoms with Gasteiger partial charge >= 0.3 is 0 Å². The van der Waals surface area contributed by atoms with Crippen molar-refractivity contribution in [3.8, 4) is 0 Å². The van der Waals surface area contributed by atoms with Crippen LogP contribution in [0.1, 0.15) is 5.56 Å². The van der Waals surface area contributed by atoms with E-state index in [0.717, 1.165) is 64.1 Å². The minimum absolute atomic E-state index is 0.554. The molecular weight excluding hydrogens is 304 g/mol. The van der Waals surface area contributed by atoms with Crippen LogP contribution in [0, 0.1) is 5.92 Å². The fourth-order valence-corrected chi connectivity index (χ4v) is 3.28. The lowest BCUT2D eigenvalue weighted by atomic mass is 10.1. The smallest absolute Gasteiger partial charge is 0.128 e. The molecule has 2 aliphatic rings. The van der Waals surface area contributed by atoms with Crippen LogP contribution < -0.4 is 15.5 Å². The minimum atomic E-state index is 0.554. The Bertz CT molecular complexity index is 667. The Kier molecular flexibility index (Phi) is 4.62. The molecule has 1 atom stereocenters. The molecule has 0 aromatic carbocycles. The Balaban J connectivity index is 1.28. The molecule has 1 saturated heterocycles. The second kappa shape index (κ2) is 7.19. The zero-order valence-corrected chi connectivity index (χ0v) is 13.8. The first kappa shape index (κ1) is 15.4. The molecule has 0 spiro atoms. The highest BCUT2D eigenvalue weighted by Crippen LogP contribution is 2.16. The maximum atomic E-state index is 5.41. The number of aromatic nitrogens is 3. The third kappa shape index (κ3) is 3.52. The Hall–Kier alpha value is -2.12. The molecule has 0 amide bonds. The summed E-state index contributed by atoms with van der Waals surface area (Å²) < 4.78 is 7.45. The van der Waals surface area contributed by atoms with Gasteiger partial charge in [0.25, 0.3) is 0 Å². The number of fused-ring (bicyclic) bond motifs is 1. The van der Waals surface area contributed by atoms with E-state index in [9.17, 15) is 0 Å². The van der Waals surface area contributed by atoms with Crippen LogP contribution in [0.5, 0.6) is 0 Å². The number of nitrogens with zero attached hydrogens (tertiary/aromatic N) is 4. The van der Waals surface area contributed by atoms with Gasteiger partial charge in [0, 0.05) is 57.4 Å². The SMILES string of the molecule is c1cc(CNC[C@H]2CNc3ccnn3C2)cc(N2CCOCC2)n1. The van der Waals surface area contributed by atoms with Crippen molar-refractivity contribution in [2.45, 2.75) is 13.1 Å². The number of hydrogen-bond donors (Lipinski definition) is 2. The molecular formula is C17H24N6O. The summed E-state index contributed by atoms with van der Waals surface area (Å²) in [7, 11) is 0. The molecule has 7 nitrogen and oxygen atoms in total. The molecule has 128 valence electrons. The number of morpholine rings is 1. The van der Waals surface area contributed by atoms with E-state index in [1.807, 2.05) is 23.1 Å². The standard InChI is InChI=1S/C17H24N6O/c1-3-19-17(22-5-7-24-8-6-22)9-14(1)10-18-11-15-12-20-16-2-4-21-23(16)13-15/h1-4,9,15,18,20H,5-8,10-13H2/t15-/m0/s1. The minimum Gasteiger partial charge on any atom is -0.378 e. The summed E-state index contributed by atoms with van der Waals surface area (Å²) in [5.74, 6) is 2.73. The fraction of sp³-hybridized carbons (Fsp3) is 0.529. The first-order valence-electron chi connectivity index (χ1n) is 8.62. The van der Waals surface area contributed by atoms with Gasteiger partial charge in [-0.3, -0.25) is 0 Å². The van der Waals surface area contributed by atoms with E-state index in [1.165, 1.54) is 5.56 Å². The van der Waals surface area contributed by atoms with Crippen LogP contribution in [0.3, 0.4) is 0 Å². The molecule has 2 aliphatic heterocycles. The summed E-state index contributed by atoms with van der Waals surface area (Å²) in [6.45, 7) is 7.21. The Morgan fingerprint density at radius 3 is 3.08 bits per heavy atom. The van der Waals surface area contributed by atoms with Crippen molar-refractivity contribution in [3.05, 3.63) is 36.2 Å². The quantitative estimate of drug-likeness (QED) is 0.852. The molecule has 2 N–H and O–H groups in total. The van der Waals surface area contributed by atoms with Gasteiger partial charge in [-0.05, 0) is 17.7 Å². The van der Waals surface area contributed by atoms with Gasteiger partial charge in [-0.2, -0.15) is 5.10 Å². The van der Waals surface area contributed by atoms with E-state index in [0.29, 0.717) is 5.92 Å². The lowest BCUT2D eigenvalue weighted by molar-refractivity contribution is 0.122. The van der Waals surface area contributed by atoms with Crippen LogP contribution in [0.2, 0.25) is 0 Å². The van der Waals surface area contributed by atoms with Crippen LogP contribution in [-0.4, -0.2) is 54.2 Å². The van der Waals surface area contributed by atoms with Gasteiger partial charge in [-0.15, -0.1) is 0 Å². The molecule has 1 fully saturated rings. The summed E-state index contributed by atoms with van der Waals surface area (Å²) in [5, 5.41) is 11.3. The lowest BCUT2D eigenvalue weighted by Gasteiger charge is -2.28. The molecule has 0 aliphatic carbocycles. The van der Waals surface area contributed by atoms with Gasteiger partial charge in [0.1, 0.15) is 11.6 Å². The summed E-state index contributed by atoms with van der Waals surface area (Å²) >= 11 is 0. The molecule has 0 radical (unpaired) electrons. The molecule has 0 saturated carbocycles. The summed E-state index contributed by atoms with van der Waals surface area (Å²) in [5.41, 5.74) is 1.27. The van der Waals surface area contributed by atoms with Crippen molar-refractivity contribution < 1.29 is 4.74 Å². The van der Waals surface area contributed by atoms with Crippen LogP contribution in [0.15, 0.2) is 30.6 Å². The van der Waals surface area contributed by atoms with Crippen molar-refractivity contribution in [1.82, 2.24) is 20.1 Å². The van der Waals surface area contributed by atoms with Crippen molar-refractivity contribution in [2.24, 2.45) is 5.92 Å². The van der Waals surface area contributed by atoms with E-state index in [2.05, 4.69) is 37.7 Å². The second-order valence-electron chi connectivity index (χ2n) is 6.40. The maximum Gasteiger partial charge on any atom is 0.128 e. The van der Waals surface area contributed by atoms with E-state index < -0.39 is 0 Å². The number of nitrogens with one attached hydrogen (secondary N) is 2. The van der Waals surface area contributed by atoms with Crippen molar-refractivity contribution in [3.63, 3.8) is 0 Å². The molecule has 0 bridgehead atoms. The topological polar surface area (TPSA) is 67.2 Å². The van der Waals surface area contributed by atoms with Gasteiger partial charge in [-0.25, -0.2) is 9.67 Å². The molecule has 7 heteroatoms. The van der Waals surface area contributed by atoms with Gasteiger partial charge in [0.2, 0.25) is 0 Å². The Morgan fingerprint density at radius 1 is 1.25 bits per heavy atom. The predicted molar refractivity (Wildman–Crippen MR) is 93.2 cm³/mol. The Morgan fingerprint density at radius 2 is 2.17 bits per heavy atom. The number of anilines is 2. The normalized spacial score (nSPS) is 20.5. The van der Waals surface area contributed by atoms with E-state index >= 15 is 0 Å². The Labute approximate surface area is 142 Å². The van der Waals surface area contributed by atoms with Gasteiger partial charge in [0.05, 0.1) is 19.4 Å². The summed E-state index contributed by atoms with van der Waals surface area (Å²) in [6.07, 6.45) is 3.75. The van der Waals surface area contributed by atoms with Crippen molar-refractivity contribution >= 4 is 11.6 Å². The van der Waals surface area contributed by atoms with E-state index in [-0.39, 0.29) is 0 Å². The summed E-state index contributed by atoms with van der Waals surface area (Å²) in [4.78, 5) is 6.79. The molecule has 2 aromatic rings. The third-order valence-corrected chi connectivity index (χ3v) is 4.63. The molecule has 2 aromatic heterocycles. The highest BCUT2D eigenvalue weighted by atomic mass is 16.5. The van der Waals surface area contributed by atoms with Crippen LogP contribution in [0.25, 0.3) is 0 Å². The van der Waals surface area contributed by atoms with Crippen molar-refractivity contribution in [1.29, 1.82) is 0 Å². The zero-order chi connectivity index (χ0) is 16.2. The largest absolute Gasteiger partial charge is 0.378 e. The van der Waals surface area contributed by atoms with Crippen LogP contribution >= 0.6 is 0 Å². The zero-order valence-electron chi connectivity index (χ0n) is 13.8. The lowest BCUT2D eigenvalue weighted by Crippen LogP contribution is -2.37. The average Bonchev–Trinajstić information content (AvgIpc) is 3.11. The van der Waals surface area contributed by atoms with Gasteiger partial charge in [0.15, 0.2) is 0 Å². The van der Waals surface area contributed by atoms with Crippen LogP contribution in [0.4, 0.5) is 11.6 Å². The number of ether oxygens (including phenoxy) is 1. The predicted octanol–water partition coefficient (Wildman–Crippen LogP) is 0.946. The second-order valence-corrected chi connectivity index (χ2v) is 6.40. The molecule has 4 rings (SSSR count). The number of hydrogen-bond acceptors (Lipinski definition) is 6. The average molecular weight is 328 g/mol. The maximum absolute atomic E-state index is 5.41. The van der Waals surface area contributed by atoms with E-state index in [4.69, 9.17) is 4.74 Å². The molecule has 0 unspecified atom stereocenters. The summed E-state index contributed by atoms with van der Waals surface area (Å²) in [6, 6.07) is 6.29. The molecule has 24 heavy (non-hydrogen) atoms. The van der Waals surface area contributed by atoms with Crippen molar-refractivity contribution in [2.75, 3.05) is 49.6 Å². The fourth-order valence-electron chi connectivity index (χ4n) is 3.28. The third-order valence-electron chi connectivity index (χ3n) is 4.63. The van der Waals surface area contributed by atoms with E-state index in [1.54, 1.807) is 0 Å². The van der Waals surface area contributed by atoms with Gasteiger partial charge in [-0.1, -0.05) is 0 Å². The van der Waals surface area contributed by atoms with Crippen LogP contribution in [-0.2, 0) is 17.8 Å². The van der Waals surface area contributed by atoms with Gasteiger partial charge < -0.3 is 20.3 Å². The highest BCUT2D eigenvalue weighted by molar-refractivity contribution is 5.41. The molecule has 4 heterocycles. The monoisotopic (exact) mass is 328 g/mol.